The molecule has 0 aliphatic rings. The number of rotatable bonds is 8. The van der Waals surface area contributed by atoms with Crippen LogP contribution in [0.2, 0.25) is 0 Å². The predicted molar refractivity (Wildman–Crippen MR) is 80.5 cm³/mol. The molecule has 5 heteroatoms. The Balaban J connectivity index is 0. The molecule has 0 aromatic rings. The van der Waals surface area contributed by atoms with Gasteiger partial charge in [0.05, 0.1) is 6.61 Å². The van der Waals surface area contributed by atoms with Crippen LogP contribution in [0.3, 0.4) is 0 Å². The summed E-state index contributed by atoms with van der Waals surface area (Å²) in [5.74, 6) is 1.22. The van der Waals surface area contributed by atoms with Gasteiger partial charge in [-0.25, -0.2) is 0 Å². The van der Waals surface area contributed by atoms with Crippen LogP contribution in [-0.2, 0) is 4.74 Å². The van der Waals surface area contributed by atoms with E-state index in [1.807, 2.05) is 0 Å². The van der Waals surface area contributed by atoms with Gasteiger partial charge in [-0.1, -0.05) is 20.8 Å². The van der Waals surface area contributed by atoms with Crippen LogP contribution in [0, 0.1) is 5.92 Å². The van der Waals surface area contributed by atoms with E-state index >= 15 is 0 Å². The Morgan fingerprint density at radius 3 is 2.62 bits per heavy atom. The highest BCUT2D eigenvalue weighted by Gasteiger charge is 1.94. The van der Waals surface area contributed by atoms with Crippen LogP contribution in [0.1, 0.15) is 33.6 Å². The zero-order chi connectivity index (χ0) is 11.5. The zero-order valence-electron chi connectivity index (χ0n) is 10.7. The zero-order valence-corrected chi connectivity index (χ0v) is 13.0. The van der Waals surface area contributed by atoms with Gasteiger partial charge in [0.15, 0.2) is 5.96 Å². The maximum Gasteiger partial charge on any atom is 0.188 e. The fourth-order valence-corrected chi connectivity index (χ4v) is 0.961. The molecular weight excluding hydrogens is 317 g/mol. The van der Waals surface area contributed by atoms with Crippen LogP contribution >= 0.6 is 24.0 Å². The van der Waals surface area contributed by atoms with Gasteiger partial charge in [-0.05, 0) is 18.8 Å². The molecule has 98 valence electrons. The van der Waals surface area contributed by atoms with Crippen LogP contribution in [0.4, 0.5) is 0 Å². The van der Waals surface area contributed by atoms with Crippen molar-refractivity contribution in [2.24, 2.45) is 16.6 Å². The number of ether oxygens (including phenoxy) is 1. The Morgan fingerprint density at radius 1 is 1.38 bits per heavy atom. The molecule has 0 amide bonds. The van der Waals surface area contributed by atoms with Gasteiger partial charge in [-0.3, -0.25) is 4.99 Å². The normalized spacial score (nSPS) is 11.4. The van der Waals surface area contributed by atoms with E-state index in [4.69, 9.17) is 10.5 Å². The molecule has 0 atom stereocenters. The van der Waals surface area contributed by atoms with E-state index in [1.165, 1.54) is 0 Å². The second-order valence-corrected chi connectivity index (χ2v) is 3.99. The van der Waals surface area contributed by atoms with Crippen molar-refractivity contribution in [1.82, 2.24) is 5.32 Å². The third-order valence-corrected chi connectivity index (χ3v) is 1.90. The summed E-state index contributed by atoms with van der Waals surface area (Å²) < 4.78 is 5.43. The molecule has 0 aliphatic heterocycles. The Bertz CT molecular complexity index is 175. The molecule has 0 spiro atoms. The third kappa shape index (κ3) is 14.0. The topological polar surface area (TPSA) is 59.6 Å². The summed E-state index contributed by atoms with van der Waals surface area (Å²) in [6.07, 6.45) is 2.13. The number of halogens is 1. The first-order valence-electron chi connectivity index (χ1n) is 5.78. The molecular formula is C11H26IN3O. The van der Waals surface area contributed by atoms with Crippen LogP contribution in [0.15, 0.2) is 4.99 Å². The molecule has 4 nitrogen and oxygen atoms in total. The molecule has 0 unspecified atom stereocenters. The monoisotopic (exact) mass is 343 g/mol. The fraction of sp³-hybridized carbons (Fsp3) is 0.909. The van der Waals surface area contributed by atoms with E-state index in [0.29, 0.717) is 18.5 Å². The number of nitrogens with two attached hydrogens (primary N) is 1. The maximum absolute atomic E-state index is 5.61. The molecule has 0 radical (unpaired) electrons. The van der Waals surface area contributed by atoms with Crippen molar-refractivity contribution >= 4 is 29.9 Å². The Morgan fingerprint density at radius 2 is 2.06 bits per heavy atom. The lowest BCUT2D eigenvalue weighted by atomic mass is 10.1. The van der Waals surface area contributed by atoms with Gasteiger partial charge in [0.2, 0.25) is 0 Å². The van der Waals surface area contributed by atoms with Crippen molar-refractivity contribution in [2.75, 3.05) is 26.3 Å². The van der Waals surface area contributed by atoms with E-state index in [-0.39, 0.29) is 24.0 Å². The minimum atomic E-state index is 0. The van der Waals surface area contributed by atoms with Gasteiger partial charge in [0, 0.05) is 19.7 Å². The van der Waals surface area contributed by atoms with E-state index in [1.54, 1.807) is 0 Å². The molecule has 0 saturated heterocycles. The Hall–Kier alpha value is -0.0400. The highest BCUT2D eigenvalue weighted by molar-refractivity contribution is 14.0. The second kappa shape index (κ2) is 13.0. The summed E-state index contributed by atoms with van der Waals surface area (Å²) in [5.41, 5.74) is 5.61. The van der Waals surface area contributed by atoms with Crippen molar-refractivity contribution in [3.63, 3.8) is 0 Å². The molecule has 0 aromatic heterocycles. The summed E-state index contributed by atoms with van der Waals surface area (Å²) in [7, 11) is 0. The summed E-state index contributed by atoms with van der Waals surface area (Å²) >= 11 is 0. The molecule has 0 heterocycles. The summed E-state index contributed by atoms with van der Waals surface area (Å²) in [6, 6.07) is 0. The quantitative estimate of drug-likeness (QED) is 0.307. The minimum Gasteiger partial charge on any atom is -0.380 e. The van der Waals surface area contributed by atoms with E-state index in [0.717, 1.165) is 32.5 Å². The maximum atomic E-state index is 5.61. The lowest BCUT2D eigenvalue weighted by molar-refractivity contribution is 0.128. The minimum absolute atomic E-state index is 0. The van der Waals surface area contributed by atoms with Crippen molar-refractivity contribution in [3.05, 3.63) is 0 Å². The SMILES string of the molecule is CCCN=C(N)NCCOCCC(C)C.I. The summed E-state index contributed by atoms with van der Waals surface area (Å²) in [5, 5.41) is 3.01. The van der Waals surface area contributed by atoms with Crippen molar-refractivity contribution in [3.8, 4) is 0 Å². The van der Waals surface area contributed by atoms with E-state index in [2.05, 4.69) is 31.1 Å². The molecule has 0 bridgehead atoms. The lowest BCUT2D eigenvalue weighted by Gasteiger charge is -2.07. The van der Waals surface area contributed by atoms with Gasteiger partial charge >= 0.3 is 0 Å². The van der Waals surface area contributed by atoms with Crippen LogP contribution < -0.4 is 11.1 Å². The van der Waals surface area contributed by atoms with E-state index in [9.17, 15) is 0 Å². The van der Waals surface area contributed by atoms with Gasteiger partial charge in [-0.2, -0.15) is 0 Å². The number of hydrogen-bond donors (Lipinski definition) is 2. The first-order valence-corrected chi connectivity index (χ1v) is 5.78. The van der Waals surface area contributed by atoms with Gasteiger partial charge in [0.25, 0.3) is 0 Å². The third-order valence-electron chi connectivity index (χ3n) is 1.90. The number of nitrogens with zero attached hydrogens (tertiary/aromatic N) is 1. The highest BCUT2D eigenvalue weighted by atomic mass is 127. The van der Waals surface area contributed by atoms with Crippen molar-refractivity contribution < 1.29 is 4.74 Å². The lowest BCUT2D eigenvalue weighted by Crippen LogP contribution is -2.34. The molecule has 0 rings (SSSR count). The van der Waals surface area contributed by atoms with Crippen molar-refractivity contribution in [1.29, 1.82) is 0 Å². The average molecular weight is 343 g/mol. The number of hydrogen-bond acceptors (Lipinski definition) is 2. The highest BCUT2D eigenvalue weighted by Crippen LogP contribution is 1.98. The van der Waals surface area contributed by atoms with Gasteiger partial charge in [0.1, 0.15) is 0 Å². The molecule has 16 heavy (non-hydrogen) atoms. The van der Waals surface area contributed by atoms with E-state index < -0.39 is 0 Å². The first kappa shape index (κ1) is 18.3. The van der Waals surface area contributed by atoms with Gasteiger partial charge in [-0.15, -0.1) is 24.0 Å². The smallest absolute Gasteiger partial charge is 0.188 e. The summed E-state index contributed by atoms with van der Waals surface area (Å²) in [4.78, 5) is 4.12. The molecule has 0 fully saturated rings. The van der Waals surface area contributed by atoms with Crippen LogP contribution in [-0.4, -0.2) is 32.3 Å². The Labute approximate surface area is 116 Å². The number of aliphatic imine (C=N–C) groups is 1. The van der Waals surface area contributed by atoms with Crippen LogP contribution in [0.25, 0.3) is 0 Å². The molecule has 0 saturated carbocycles. The van der Waals surface area contributed by atoms with Gasteiger partial charge < -0.3 is 15.8 Å². The number of nitrogens with one attached hydrogen (secondary N) is 1. The fourth-order valence-electron chi connectivity index (χ4n) is 0.961. The van der Waals surface area contributed by atoms with Crippen LogP contribution in [0.5, 0.6) is 0 Å². The Kier molecular flexibility index (Phi) is 14.9. The molecule has 3 N–H and O–H groups in total. The standard InChI is InChI=1S/C11H25N3O.HI/c1-4-6-13-11(12)14-7-9-15-8-5-10(2)3;/h10H,4-9H2,1-3H3,(H3,12,13,14);1H. The number of guanidine groups is 1. The second-order valence-electron chi connectivity index (χ2n) is 3.99. The molecule has 0 aromatic carbocycles. The average Bonchev–Trinajstić information content (AvgIpc) is 2.19. The van der Waals surface area contributed by atoms with Crippen molar-refractivity contribution in [2.45, 2.75) is 33.6 Å². The largest absolute Gasteiger partial charge is 0.380 e. The summed E-state index contributed by atoms with van der Waals surface area (Å²) in [6.45, 7) is 9.49. The molecule has 0 aliphatic carbocycles. The predicted octanol–water partition coefficient (Wildman–Crippen LogP) is 1.98. The first-order chi connectivity index (χ1) is 7.16.